The molecule has 0 unspecified atom stereocenters. The van der Waals surface area contributed by atoms with Crippen LogP contribution in [0, 0.1) is 5.92 Å². The molecule has 1 fully saturated rings. The quantitative estimate of drug-likeness (QED) is 0.832. The molecular weight excluding hydrogens is 208 g/mol. The lowest BCUT2D eigenvalue weighted by atomic mass is 9.82. The molecule has 92 valence electrons. The zero-order valence-electron chi connectivity index (χ0n) is 10.6. The lowest BCUT2D eigenvalue weighted by molar-refractivity contribution is 0.240. The van der Waals surface area contributed by atoms with Gasteiger partial charge in [-0.25, -0.2) is 0 Å². The van der Waals surface area contributed by atoms with Crippen LogP contribution in [0.15, 0.2) is 18.2 Å². The van der Waals surface area contributed by atoms with E-state index in [1.54, 1.807) is 0 Å². The number of fused-ring (bicyclic) bond motifs is 1. The Morgan fingerprint density at radius 1 is 1.29 bits per heavy atom. The van der Waals surface area contributed by atoms with Gasteiger partial charge in [-0.15, -0.1) is 0 Å². The van der Waals surface area contributed by atoms with Crippen LogP contribution < -0.4 is 10.6 Å². The van der Waals surface area contributed by atoms with Gasteiger partial charge in [0.1, 0.15) is 0 Å². The molecule has 0 aromatic heterocycles. The van der Waals surface area contributed by atoms with E-state index in [1.165, 1.54) is 36.0 Å². The van der Waals surface area contributed by atoms with Crippen LogP contribution in [0.1, 0.15) is 36.5 Å². The summed E-state index contributed by atoms with van der Waals surface area (Å²) < 4.78 is 0. The summed E-state index contributed by atoms with van der Waals surface area (Å²) in [4.78, 5) is 0. The second-order valence-corrected chi connectivity index (χ2v) is 5.68. The van der Waals surface area contributed by atoms with Crippen molar-refractivity contribution in [2.24, 2.45) is 5.92 Å². The van der Waals surface area contributed by atoms with Gasteiger partial charge in [0, 0.05) is 19.1 Å². The first-order valence-electron chi connectivity index (χ1n) is 6.86. The van der Waals surface area contributed by atoms with Gasteiger partial charge in [-0.3, -0.25) is 0 Å². The van der Waals surface area contributed by atoms with Crippen molar-refractivity contribution in [3.8, 4) is 0 Å². The maximum Gasteiger partial charge on any atom is 0.0208 e. The third-order valence-electron chi connectivity index (χ3n) is 4.13. The molecule has 1 saturated carbocycles. The van der Waals surface area contributed by atoms with Crippen molar-refractivity contribution in [3.63, 3.8) is 0 Å². The molecule has 2 N–H and O–H groups in total. The highest BCUT2D eigenvalue weighted by atomic mass is 14.9. The molecule has 0 spiro atoms. The Labute approximate surface area is 104 Å². The Hall–Kier alpha value is -0.860. The van der Waals surface area contributed by atoms with Crippen LogP contribution in [0.2, 0.25) is 0 Å². The Morgan fingerprint density at radius 2 is 2.18 bits per heavy atom. The normalized spacial score (nSPS) is 27.4. The molecule has 2 aliphatic rings. The topological polar surface area (TPSA) is 24.1 Å². The van der Waals surface area contributed by atoms with E-state index in [2.05, 4.69) is 35.8 Å². The summed E-state index contributed by atoms with van der Waals surface area (Å²) in [6.45, 7) is 5.54. The molecule has 0 bridgehead atoms. The molecule has 1 heterocycles. The maximum absolute atomic E-state index is 3.65. The van der Waals surface area contributed by atoms with Crippen molar-refractivity contribution < 1.29 is 0 Å². The minimum absolute atomic E-state index is 0.763. The molecule has 1 aliphatic heterocycles. The highest BCUT2D eigenvalue weighted by molar-refractivity contribution is 5.33. The van der Waals surface area contributed by atoms with Gasteiger partial charge in [-0.1, -0.05) is 25.1 Å². The van der Waals surface area contributed by atoms with Gasteiger partial charge in [0.05, 0.1) is 0 Å². The summed E-state index contributed by atoms with van der Waals surface area (Å²) in [7, 11) is 0. The van der Waals surface area contributed by atoms with Crippen LogP contribution in [-0.2, 0) is 19.5 Å². The lowest BCUT2D eigenvalue weighted by Crippen LogP contribution is -2.39. The van der Waals surface area contributed by atoms with Crippen molar-refractivity contribution in [2.75, 3.05) is 6.54 Å². The molecular formula is C15H22N2. The number of hydrogen-bond acceptors (Lipinski definition) is 2. The first kappa shape index (κ1) is 11.2. The summed E-state index contributed by atoms with van der Waals surface area (Å²) in [6.07, 6.45) is 3.89. The van der Waals surface area contributed by atoms with Crippen molar-refractivity contribution >= 4 is 0 Å². The van der Waals surface area contributed by atoms with Crippen LogP contribution in [0.3, 0.4) is 0 Å². The van der Waals surface area contributed by atoms with Gasteiger partial charge in [-0.05, 0) is 48.4 Å². The van der Waals surface area contributed by atoms with E-state index in [-0.39, 0.29) is 0 Å². The van der Waals surface area contributed by atoms with Gasteiger partial charge in [-0.2, -0.15) is 0 Å². The third kappa shape index (κ3) is 2.53. The standard InChI is InChI=1S/C15H22N2/c1-11-6-15(7-11)17-9-12-2-3-13-4-5-16-10-14(13)8-12/h2-3,8,11,15-17H,4-7,9-10H2,1H3. The molecule has 0 amide bonds. The Balaban J connectivity index is 1.59. The maximum atomic E-state index is 3.65. The zero-order chi connectivity index (χ0) is 11.7. The molecule has 1 aromatic carbocycles. The highest BCUT2D eigenvalue weighted by Gasteiger charge is 2.24. The third-order valence-corrected chi connectivity index (χ3v) is 4.13. The van der Waals surface area contributed by atoms with Crippen molar-refractivity contribution in [3.05, 3.63) is 34.9 Å². The SMILES string of the molecule is CC1CC(NCc2ccc3c(c2)CNCC3)C1. The summed E-state index contributed by atoms with van der Waals surface area (Å²) in [5.74, 6) is 0.931. The summed E-state index contributed by atoms with van der Waals surface area (Å²) >= 11 is 0. The molecule has 2 heteroatoms. The number of benzene rings is 1. The molecule has 2 nitrogen and oxygen atoms in total. The highest BCUT2D eigenvalue weighted by Crippen LogP contribution is 2.26. The largest absolute Gasteiger partial charge is 0.312 e. The van der Waals surface area contributed by atoms with E-state index in [1.807, 2.05) is 0 Å². The first-order chi connectivity index (χ1) is 8.31. The Morgan fingerprint density at radius 3 is 3.00 bits per heavy atom. The van der Waals surface area contributed by atoms with Gasteiger partial charge in [0.15, 0.2) is 0 Å². The van der Waals surface area contributed by atoms with E-state index in [4.69, 9.17) is 0 Å². The molecule has 0 radical (unpaired) electrons. The monoisotopic (exact) mass is 230 g/mol. The molecule has 1 aromatic rings. The number of rotatable bonds is 3. The number of nitrogens with one attached hydrogen (secondary N) is 2. The van der Waals surface area contributed by atoms with Crippen LogP contribution in [-0.4, -0.2) is 12.6 Å². The molecule has 0 saturated heterocycles. The molecule has 1 aliphatic carbocycles. The van der Waals surface area contributed by atoms with Crippen LogP contribution in [0.4, 0.5) is 0 Å². The summed E-state index contributed by atoms with van der Waals surface area (Å²) in [5.41, 5.74) is 4.47. The van der Waals surface area contributed by atoms with E-state index in [0.29, 0.717) is 0 Å². The van der Waals surface area contributed by atoms with E-state index in [0.717, 1.165) is 31.6 Å². The Kier molecular flexibility index (Phi) is 3.17. The van der Waals surface area contributed by atoms with E-state index in [9.17, 15) is 0 Å². The molecule has 0 atom stereocenters. The van der Waals surface area contributed by atoms with Crippen molar-refractivity contribution in [2.45, 2.75) is 45.3 Å². The molecule has 3 rings (SSSR count). The van der Waals surface area contributed by atoms with Gasteiger partial charge in [0.2, 0.25) is 0 Å². The summed E-state index contributed by atoms with van der Waals surface area (Å²) in [6, 6.07) is 7.74. The summed E-state index contributed by atoms with van der Waals surface area (Å²) in [5, 5.41) is 7.09. The minimum atomic E-state index is 0.763. The fourth-order valence-corrected chi connectivity index (χ4v) is 2.98. The predicted octanol–water partition coefficient (Wildman–Crippen LogP) is 2.22. The second-order valence-electron chi connectivity index (χ2n) is 5.68. The van der Waals surface area contributed by atoms with Crippen molar-refractivity contribution in [1.82, 2.24) is 10.6 Å². The average molecular weight is 230 g/mol. The van der Waals surface area contributed by atoms with Crippen LogP contribution in [0.5, 0.6) is 0 Å². The molecule has 17 heavy (non-hydrogen) atoms. The van der Waals surface area contributed by atoms with Gasteiger partial charge in [0.25, 0.3) is 0 Å². The zero-order valence-corrected chi connectivity index (χ0v) is 10.6. The van der Waals surface area contributed by atoms with Crippen molar-refractivity contribution in [1.29, 1.82) is 0 Å². The first-order valence-corrected chi connectivity index (χ1v) is 6.86. The van der Waals surface area contributed by atoms with Gasteiger partial charge < -0.3 is 10.6 Å². The average Bonchev–Trinajstić information content (AvgIpc) is 2.33. The minimum Gasteiger partial charge on any atom is -0.312 e. The second kappa shape index (κ2) is 4.79. The smallest absolute Gasteiger partial charge is 0.0208 e. The van der Waals surface area contributed by atoms with Gasteiger partial charge >= 0.3 is 0 Å². The predicted molar refractivity (Wildman–Crippen MR) is 70.9 cm³/mol. The van der Waals surface area contributed by atoms with Crippen LogP contribution in [0.25, 0.3) is 0 Å². The van der Waals surface area contributed by atoms with Crippen LogP contribution >= 0.6 is 0 Å². The fourth-order valence-electron chi connectivity index (χ4n) is 2.98. The number of hydrogen-bond donors (Lipinski definition) is 2. The Bertz CT molecular complexity index is 394. The fraction of sp³-hybridized carbons (Fsp3) is 0.600. The lowest BCUT2D eigenvalue weighted by Gasteiger charge is -2.33. The van der Waals surface area contributed by atoms with E-state index >= 15 is 0 Å². The van der Waals surface area contributed by atoms with E-state index < -0.39 is 0 Å².